The van der Waals surface area contributed by atoms with Crippen molar-refractivity contribution in [3.63, 3.8) is 0 Å². The number of methoxy groups -OCH3 is 1. The van der Waals surface area contributed by atoms with Gasteiger partial charge in [-0.2, -0.15) is 0 Å². The van der Waals surface area contributed by atoms with Crippen molar-refractivity contribution in [1.29, 1.82) is 0 Å². The predicted molar refractivity (Wildman–Crippen MR) is 91.6 cm³/mol. The van der Waals surface area contributed by atoms with E-state index in [0.29, 0.717) is 6.42 Å². The van der Waals surface area contributed by atoms with Gasteiger partial charge >= 0.3 is 5.97 Å². The topological polar surface area (TPSA) is 65.6 Å². The van der Waals surface area contributed by atoms with Crippen molar-refractivity contribution in [1.82, 2.24) is 9.88 Å². The monoisotopic (exact) mass is 328 g/mol. The number of para-hydroxylation sites is 1. The zero-order valence-electron chi connectivity index (χ0n) is 14.2. The van der Waals surface area contributed by atoms with Gasteiger partial charge in [-0.05, 0) is 37.3 Å². The number of hydrogen-bond donors (Lipinski definition) is 2. The summed E-state index contributed by atoms with van der Waals surface area (Å²) in [4.78, 5) is 18.4. The Morgan fingerprint density at radius 3 is 2.96 bits per heavy atom. The highest BCUT2D eigenvalue weighted by molar-refractivity contribution is 5.85. The Balaban J connectivity index is 1.80. The van der Waals surface area contributed by atoms with Gasteiger partial charge in [-0.15, -0.1) is 0 Å². The molecule has 2 N–H and O–H groups in total. The van der Waals surface area contributed by atoms with Gasteiger partial charge < -0.3 is 14.8 Å². The minimum atomic E-state index is -0.415. The number of aromatic nitrogens is 1. The zero-order chi connectivity index (χ0) is 16.8. The lowest BCUT2D eigenvalue weighted by Crippen LogP contribution is -2.51. The molecule has 0 spiro atoms. The quantitative estimate of drug-likeness (QED) is 0.830. The number of benzene rings is 1. The number of rotatable bonds is 2. The van der Waals surface area contributed by atoms with Crippen LogP contribution in [0.4, 0.5) is 0 Å². The number of esters is 1. The summed E-state index contributed by atoms with van der Waals surface area (Å²) in [6.07, 6.45) is 1.22. The van der Waals surface area contributed by atoms with Gasteiger partial charge in [0.25, 0.3) is 0 Å². The molecule has 4 rings (SSSR count). The number of H-pyrrole nitrogens is 1. The highest BCUT2D eigenvalue weighted by atomic mass is 16.5. The van der Waals surface area contributed by atoms with Gasteiger partial charge in [0.1, 0.15) is 0 Å². The van der Waals surface area contributed by atoms with Crippen molar-refractivity contribution in [2.45, 2.75) is 31.9 Å². The Bertz CT molecular complexity index is 767. The van der Waals surface area contributed by atoms with Crippen molar-refractivity contribution in [2.24, 2.45) is 11.8 Å². The lowest BCUT2D eigenvalue weighted by atomic mass is 9.77. The molecule has 2 aliphatic heterocycles. The maximum absolute atomic E-state index is 12.5. The highest BCUT2D eigenvalue weighted by Crippen LogP contribution is 2.44. The minimum absolute atomic E-state index is 0.0172. The van der Waals surface area contributed by atoms with Gasteiger partial charge in [0, 0.05) is 29.7 Å². The lowest BCUT2D eigenvalue weighted by Gasteiger charge is -2.46. The van der Waals surface area contributed by atoms with Crippen molar-refractivity contribution in [2.75, 3.05) is 20.2 Å². The molecule has 2 aliphatic rings. The summed E-state index contributed by atoms with van der Waals surface area (Å²) in [5.74, 6) is -0.311. The number of nitrogens with one attached hydrogen (secondary N) is 1. The third-order valence-corrected chi connectivity index (χ3v) is 5.78. The average molecular weight is 328 g/mol. The SMILES string of the molecule is COC(=O)[C@H]1C[C@H]([C@H](C)O)CN2CCc3c([nH]c4ccccc34)[C@H]12. The summed E-state index contributed by atoms with van der Waals surface area (Å²) in [6.45, 7) is 3.55. The predicted octanol–water partition coefficient (Wildman–Crippen LogP) is 2.26. The van der Waals surface area contributed by atoms with E-state index in [1.807, 2.05) is 13.0 Å². The number of carbonyl (C=O) groups is 1. The van der Waals surface area contributed by atoms with Crippen LogP contribution < -0.4 is 0 Å². The molecular weight excluding hydrogens is 304 g/mol. The molecule has 1 aromatic carbocycles. The van der Waals surface area contributed by atoms with Gasteiger partial charge in [-0.1, -0.05) is 18.2 Å². The van der Waals surface area contributed by atoms with E-state index < -0.39 is 6.10 Å². The van der Waals surface area contributed by atoms with Crippen LogP contribution in [0.2, 0.25) is 0 Å². The Labute approximate surface area is 141 Å². The molecule has 4 atom stereocenters. The average Bonchev–Trinajstić information content (AvgIpc) is 2.98. The minimum Gasteiger partial charge on any atom is -0.469 e. The van der Waals surface area contributed by atoms with Crippen LogP contribution in [0, 0.1) is 11.8 Å². The van der Waals surface area contributed by atoms with Crippen molar-refractivity contribution < 1.29 is 14.6 Å². The molecule has 1 saturated heterocycles. The van der Waals surface area contributed by atoms with Crippen LogP contribution in [0.15, 0.2) is 24.3 Å². The zero-order valence-corrected chi connectivity index (χ0v) is 14.2. The van der Waals surface area contributed by atoms with Crippen LogP contribution in [-0.2, 0) is 16.0 Å². The molecule has 1 fully saturated rings. The molecule has 1 aromatic heterocycles. The molecule has 0 saturated carbocycles. The maximum atomic E-state index is 12.5. The van der Waals surface area contributed by atoms with E-state index in [-0.39, 0.29) is 23.8 Å². The summed E-state index contributed by atoms with van der Waals surface area (Å²) < 4.78 is 5.09. The standard InChI is InChI=1S/C19H24N2O3/c1-11(22)12-9-15(19(23)24-2)18-17-14(7-8-21(18)10-12)13-5-3-4-6-16(13)20-17/h3-6,11-12,15,18,20,22H,7-10H2,1-2H3/t11-,12-,15-,18-/m0/s1. The fraction of sp³-hybridized carbons (Fsp3) is 0.526. The molecule has 3 heterocycles. The first-order valence-corrected chi connectivity index (χ1v) is 8.69. The second kappa shape index (κ2) is 5.90. The largest absolute Gasteiger partial charge is 0.469 e. The van der Waals surface area contributed by atoms with Gasteiger partial charge in [0.2, 0.25) is 0 Å². The van der Waals surface area contributed by atoms with Crippen molar-refractivity contribution in [3.8, 4) is 0 Å². The van der Waals surface area contributed by atoms with Crippen LogP contribution in [0.3, 0.4) is 0 Å². The first kappa shape index (κ1) is 15.7. The van der Waals surface area contributed by atoms with E-state index in [4.69, 9.17) is 4.74 Å². The molecule has 0 bridgehead atoms. The number of carbonyl (C=O) groups excluding carboxylic acids is 1. The number of aromatic amines is 1. The molecule has 24 heavy (non-hydrogen) atoms. The van der Waals surface area contributed by atoms with Crippen molar-refractivity contribution in [3.05, 3.63) is 35.5 Å². The second-order valence-electron chi connectivity index (χ2n) is 7.12. The number of aliphatic hydroxyl groups excluding tert-OH is 1. The van der Waals surface area contributed by atoms with Crippen molar-refractivity contribution >= 4 is 16.9 Å². The normalized spacial score (nSPS) is 28.2. The van der Waals surface area contributed by atoms with Crippen LogP contribution in [0.5, 0.6) is 0 Å². The summed E-state index contributed by atoms with van der Waals surface area (Å²) >= 11 is 0. The number of nitrogens with zero attached hydrogens (tertiary/aromatic N) is 1. The smallest absolute Gasteiger partial charge is 0.310 e. The first-order valence-electron chi connectivity index (χ1n) is 8.69. The van der Waals surface area contributed by atoms with Gasteiger partial charge in [-0.3, -0.25) is 9.69 Å². The third-order valence-electron chi connectivity index (χ3n) is 5.78. The molecule has 5 nitrogen and oxygen atoms in total. The van der Waals surface area contributed by atoms with E-state index in [1.165, 1.54) is 18.1 Å². The van der Waals surface area contributed by atoms with Crippen LogP contribution >= 0.6 is 0 Å². The van der Waals surface area contributed by atoms with Gasteiger partial charge in [-0.25, -0.2) is 0 Å². The Hall–Kier alpha value is -1.85. The summed E-state index contributed by atoms with van der Waals surface area (Å²) in [6, 6.07) is 8.35. The molecule has 0 aliphatic carbocycles. The maximum Gasteiger partial charge on any atom is 0.310 e. The fourth-order valence-corrected chi connectivity index (χ4v) is 4.54. The first-order chi connectivity index (χ1) is 11.6. The molecule has 128 valence electrons. The highest BCUT2D eigenvalue weighted by Gasteiger charge is 2.45. The van der Waals surface area contributed by atoms with E-state index in [9.17, 15) is 9.90 Å². The van der Waals surface area contributed by atoms with Crippen LogP contribution in [0.1, 0.15) is 30.6 Å². The van der Waals surface area contributed by atoms with Crippen LogP contribution in [-0.4, -0.2) is 47.3 Å². The lowest BCUT2D eigenvalue weighted by molar-refractivity contribution is -0.152. The summed E-state index contributed by atoms with van der Waals surface area (Å²) in [7, 11) is 1.45. The number of ether oxygens (including phenoxy) is 1. The van der Waals surface area contributed by atoms with E-state index in [1.54, 1.807) is 0 Å². The summed E-state index contributed by atoms with van der Waals surface area (Å²) in [5, 5.41) is 11.3. The summed E-state index contributed by atoms with van der Waals surface area (Å²) in [5.41, 5.74) is 3.61. The van der Waals surface area contributed by atoms with E-state index in [2.05, 4.69) is 28.1 Å². The molecule has 0 amide bonds. The second-order valence-corrected chi connectivity index (χ2v) is 7.12. The third kappa shape index (κ3) is 2.34. The number of hydrogen-bond acceptors (Lipinski definition) is 4. The Morgan fingerprint density at radius 2 is 2.21 bits per heavy atom. The number of piperidine rings is 1. The van der Waals surface area contributed by atoms with Gasteiger partial charge in [0.15, 0.2) is 0 Å². The number of aliphatic hydroxyl groups is 1. The molecule has 0 unspecified atom stereocenters. The van der Waals surface area contributed by atoms with Gasteiger partial charge in [0.05, 0.1) is 25.2 Å². The molecule has 2 aromatic rings. The molecule has 0 radical (unpaired) electrons. The fourth-order valence-electron chi connectivity index (χ4n) is 4.54. The molecule has 5 heteroatoms. The van der Waals surface area contributed by atoms with E-state index >= 15 is 0 Å². The number of fused-ring (bicyclic) bond motifs is 5. The Kier molecular flexibility index (Phi) is 3.85. The Morgan fingerprint density at radius 1 is 1.42 bits per heavy atom. The van der Waals surface area contributed by atoms with Crippen LogP contribution in [0.25, 0.3) is 10.9 Å². The molecular formula is C19H24N2O3. The van der Waals surface area contributed by atoms with E-state index in [0.717, 1.165) is 30.7 Å².